The molecule has 1 unspecified atom stereocenters. The Bertz CT molecular complexity index is 277. The van der Waals surface area contributed by atoms with Crippen LogP contribution in [0.5, 0.6) is 0 Å². The second-order valence-corrected chi connectivity index (χ2v) is 4.41. The molecule has 1 aromatic rings. The summed E-state index contributed by atoms with van der Waals surface area (Å²) >= 11 is 0. The first-order valence-corrected chi connectivity index (χ1v) is 5.03. The molecule has 3 nitrogen and oxygen atoms in total. The average molecular weight is 210 g/mol. The van der Waals surface area contributed by atoms with E-state index in [9.17, 15) is 5.11 Å². The molecule has 0 bridgehead atoms. The van der Waals surface area contributed by atoms with E-state index < -0.39 is 6.10 Å². The fraction of sp³-hybridized carbons (Fsp3) is 0.500. The van der Waals surface area contributed by atoms with E-state index in [2.05, 4.69) is 0 Å². The molecule has 0 aromatic heterocycles. The Balaban J connectivity index is 2.34. The molecule has 1 atom stereocenters. The van der Waals surface area contributed by atoms with E-state index in [1.165, 1.54) is 0 Å². The van der Waals surface area contributed by atoms with Crippen molar-refractivity contribution in [1.29, 1.82) is 0 Å². The highest BCUT2D eigenvalue weighted by molar-refractivity contribution is 5.17. The molecule has 0 aliphatic carbocycles. The molecule has 1 aromatic carbocycles. The SMILES string of the molecule is CC(C)(C)OOCC(O)c1ccccc1. The minimum absolute atomic E-state index is 0.140. The molecule has 0 amide bonds. The maximum absolute atomic E-state index is 9.71. The standard InChI is InChI=1S/C12H18O3/c1-12(2,3)15-14-9-11(13)10-7-5-4-6-8-10/h4-8,11,13H,9H2,1-3H3. The van der Waals surface area contributed by atoms with Crippen LogP contribution in [0.15, 0.2) is 30.3 Å². The number of aliphatic hydroxyl groups is 1. The Morgan fingerprint density at radius 2 is 1.80 bits per heavy atom. The van der Waals surface area contributed by atoms with E-state index in [0.29, 0.717) is 0 Å². The molecule has 15 heavy (non-hydrogen) atoms. The van der Waals surface area contributed by atoms with E-state index in [4.69, 9.17) is 9.78 Å². The van der Waals surface area contributed by atoms with Crippen LogP contribution in [-0.2, 0) is 9.78 Å². The van der Waals surface area contributed by atoms with Crippen LogP contribution < -0.4 is 0 Å². The molecule has 0 radical (unpaired) electrons. The molecule has 0 saturated carbocycles. The fourth-order valence-electron chi connectivity index (χ4n) is 1.05. The van der Waals surface area contributed by atoms with Gasteiger partial charge in [0.15, 0.2) is 0 Å². The maximum Gasteiger partial charge on any atom is 0.112 e. The van der Waals surface area contributed by atoms with Gasteiger partial charge in [0.05, 0.1) is 5.60 Å². The first kappa shape index (κ1) is 12.2. The zero-order valence-electron chi connectivity index (χ0n) is 9.43. The molecule has 3 heteroatoms. The molecule has 1 rings (SSSR count). The third kappa shape index (κ3) is 4.93. The normalized spacial score (nSPS) is 13.9. The highest BCUT2D eigenvalue weighted by Gasteiger charge is 2.13. The third-order valence-corrected chi connectivity index (χ3v) is 1.72. The van der Waals surface area contributed by atoms with Crippen molar-refractivity contribution in [1.82, 2.24) is 0 Å². The summed E-state index contributed by atoms with van der Waals surface area (Å²) in [7, 11) is 0. The second kappa shape index (κ2) is 5.26. The Hall–Kier alpha value is -0.900. The predicted molar refractivity (Wildman–Crippen MR) is 58.2 cm³/mol. The Morgan fingerprint density at radius 3 is 2.33 bits per heavy atom. The number of hydrogen-bond acceptors (Lipinski definition) is 3. The van der Waals surface area contributed by atoms with Crippen molar-refractivity contribution < 1.29 is 14.9 Å². The summed E-state index contributed by atoms with van der Waals surface area (Å²) in [6.07, 6.45) is -0.645. The lowest BCUT2D eigenvalue weighted by Gasteiger charge is -2.19. The third-order valence-electron chi connectivity index (χ3n) is 1.72. The molecule has 84 valence electrons. The van der Waals surface area contributed by atoms with Crippen LogP contribution >= 0.6 is 0 Å². The predicted octanol–water partition coefficient (Wildman–Crippen LogP) is 2.47. The molecular formula is C12H18O3. The van der Waals surface area contributed by atoms with Crippen LogP contribution in [0.3, 0.4) is 0 Å². The summed E-state index contributed by atoms with van der Waals surface area (Å²) in [4.78, 5) is 10.0. The zero-order chi connectivity index (χ0) is 11.3. The number of rotatable bonds is 4. The molecule has 0 saturated heterocycles. The van der Waals surface area contributed by atoms with Gasteiger partial charge in [-0.15, -0.1) is 0 Å². The van der Waals surface area contributed by atoms with Gasteiger partial charge in [0, 0.05) is 0 Å². The first-order chi connectivity index (χ1) is 6.99. The van der Waals surface area contributed by atoms with Gasteiger partial charge >= 0.3 is 0 Å². The smallest absolute Gasteiger partial charge is 0.112 e. The van der Waals surface area contributed by atoms with Gasteiger partial charge in [-0.2, -0.15) is 0 Å². The summed E-state index contributed by atoms with van der Waals surface area (Å²) in [5.74, 6) is 0. The van der Waals surface area contributed by atoms with Gasteiger partial charge in [0.25, 0.3) is 0 Å². The van der Waals surface area contributed by atoms with Crippen molar-refractivity contribution in [2.24, 2.45) is 0 Å². The Labute approximate surface area is 90.6 Å². The number of aliphatic hydroxyl groups excluding tert-OH is 1. The van der Waals surface area contributed by atoms with Gasteiger partial charge in [-0.05, 0) is 26.3 Å². The van der Waals surface area contributed by atoms with E-state index in [0.717, 1.165) is 5.56 Å². The average Bonchev–Trinajstić information content (AvgIpc) is 2.17. The van der Waals surface area contributed by atoms with E-state index in [1.807, 2.05) is 51.1 Å². The Kier molecular flexibility index (Phi) is 4.27. The van der Waals surface area contributed by atoms with Crippen LogP contribution in [0.1, 0.15) is 32.4 Å². The maximum atomic E-state index is 9.71. The summed E-state index contributed by atoms with van der Waals surface area (Å²) < 4.78 is 0. The summed E-state index contributed by atoms with van der Waals surface area (Å²) in [5, 5.41) is 9.71. The van der Waals surface area contributed by atoms with Gasteiger partial charge in [-0.3, -0.25) is 0 Å². The van der Waals surface area contributed by atoms with Crippen LogP contribution in [0.2, 0.25) is 0 Å². The second-order valence-electron chi connectivity index (χ2n) is 4.41. The van der Waals surface area contributed by atoms with Gasteiger partial charge < -0.3 is 5.11 Å². The molecule has 0 aliphatic heterocycles. The molecule has 0 spiro atoms. The van der Waals surface area contributed by atoms with Gasteiger partial charge in [0.2, 0.25) is 0 Å². The van der Waals surface area contributed by atoms with E-state index in [1.54, 1.807) is 0 Å². The van der Waals surface area contributed by atoms with Crippen molar-refractivity contribution in [3.8, 4) is 0 Å². The molecular weight excluding hydrogens is 192 g/mol. The minimum Gasteiger partial charge on any atom is -0.386 e. The van der Waals surface area contributed by atoms with Gasteiger partial charge in [-0.1, -0.05) is 30.3 Å². The minimum atomic E-state index is -0.645. The van der Waals surface area contributed by atoms with Crippen LogP contribution in [0.25, 0.3) is 0 Å². The van der Waals surface area contributed by atoms with Crippen molar-refractivity contribution in [3.63, 3.8) is 0 Å². The lowest BCUT2D eigenvalue weighted by Crippen LogP contribution is -2.21. The quantitative estimate of drug-likeness (QED) is 0.613. The summed E-state index contributed by atoms with van der Waals surface area (Å²) in [6.45, 7) is 5.81. The highest BCUT2D eigenvalue weighted by atomic mass is 17.2. The Morgan fingerprint density at radius 1 is 1.20 bits per heavy atom. The largest absolute Gasteiger partial charge is 0.386 e. The summed E-state index contributed by atoms with van der Waals surface area (Å²) in [6, 6.07) is 9.37. The van der Waals surface area contributed by atoms with Crippen LogP contribution in [0, 0.1) is 0 Å². The van der Waals surface area contributed by atoms with Gasteiger partial charge in [-0.25, -0.2) is 9.78 Å². The van der Waals surface area contributed by atoms with Crippen LogP contribution in [0.4, 0.5) is 0 Å². The van der Waals surface area contributed by atoms with E-state index >= 15 is 0 Å². The van der Waals surface area contributed by atoms with Crippen molar-refractivity contribution in [2.45, 2.75) is 32.5 Å². The zero-order valence-corrected chi connectivity index (χ0v) is 9.43. The first-order valence-electron chi connectivity index (χ1n) is 5.03. The highest BCUT2D eigenvalue weighted by Crippen LogP contribution is 2.14. The molecule has 0 fully saturated rings. The number of benzene rings is 1. The molecule has 0 heterocycles. The van der Waals surface area contributed by atoms with Crippen molar-refractivity contribution in [3.05, 3.63) is 35.9 Å². The van der Waals surface area contributed by atoms with Crippen molar-refractivity contribution >= 4 is 0 Å². The number of hydrogen-bond donors (Lipinski definition) is 1. The topological polar surface area (TPSA) is 38.7 Å². The fourth-order valence-corrected chi connectivity index (χ4v) is 1.05. The van der Waals surface area contributed by atoms with E-state index in [-0.39, 0.29) is 12.2 Å². The lowest BCUT2D eigenvalue weighted by molar-refractivity contribution is -0.356. The van der Waals surface area contributed by atoms with Crippen LogP contribution in [-0.4, -0.2) is 17.3 Å². The lowest BCUT2D eigenvalue weighted by atomic mass is 10.1. The van der Waals surface area contributed by atoms with Gasteiger partial charge in [0.1, 0.15) is 12.7 Å². The summed E-state index contributed by atoms with van der Waals surface area (Å²) in [5.41, 5.74) is 0.478. The monoisotopic (exact) mass is 210 g/mol. The molecule has 0 aliphatic rings. The van der Waals surface area contributed by atoms with Crippen molar-refractivity contribution in [2.75, 3.05) is 6.61 Å². The molecule has 1 N–H and O–H groups in total.